The van der Waals surface area contributed by atoms with Gasteiger partial charge in [-0.1, -0.05) is 13.3 Å². The maximum Gasteiger partial charge on any atom is 0.303 e. The van der Waals surface area contributed by atoms with Crippen molar-refractivity contribution in [2.75, 3.05) is 19.6 Å². The Morgan fingerprint density at radius 1 is 1.14 bits per heavy atom. The Kier molecular flexibility index (Phi) is 7.79. The maximum absolute atomic E-state index is 11.9. The number of likely N-dealkylation sites (tertiary alicyclic amines) is 1. The first-order valence-corrected chi connectivity index (χ1v) is 7.81. The van der Waals surface area contributed by atoms with Crippen LogP contribution in [0, 0.1) is 5.92 Å². The number of aliphatic carboxylic acids is 1. The molecule has 0 aromatic heterocycles. The van der Waals surface area contributed by atoms with Gasteiger partial charge >= 0.3 is 5.97 Å². The van der Waals surface area contributed by atoms with Crippen LogP contribution < -0.4 is 5.32 Å². The third-order valence-corrected chi connectivity index (χ3v) is 3.83. The van der Waals surface area contributed by atoms with E-state index in [0.717, 1.165) is 19.4 Å². The number of carbonyl (C=O) groups excluding carboxylic acids is 2. The highest BCUT2D eigenvalue weighted by Gasteiger charge is 2.26. The molecule has 0 atom stereocenters. The van der Waals surface area contributed by atoms with Crippen molar-refractivity contribution in [1.29, 1.82) is 0 Å². The number of nitrogens with one attached hydrogen (secondary N) is 1. The molecule has 6 heteroatoms. The molecule has 2 amide bonds. The lowest BCUT2D eigenvalue weighted by Crippen LogP contribution is -2.43. The monoisotopic (exact) mass is 298 g/mol. The first-order valence-electron chi connectivity index (χ1n) is 7.81. The van der Waals surface area contributed by atoms with E-state index in [1.807, 2.05) is 0 Å². The predicted molar refractivity (Wildman–Crippen MR) is 78.7 cm³/mol. The zero-order chi connectivity index (χ0) is 15.7. The largest absolute Gasteiger partial charge is 0.481 e. The Hall–Kier alpha value is -1.59. The first kappa shape index (κ1) is 17.5. The molecule has 120 valence electrons. The van der Waals surface area contributed by atoms with Gasteiger partial charge in [0.25, 0.3) is 0 Å². The van der Waals surface area contributed by atoms with Crippen molar-refractivity contribution in [2.45, 2.75) is 51.9 Å². The maximum atomic E-state index is 11.9. The van der Waals surface area contributed by atoms with Gasteiger partial charge in [0.1, 0.15) is 0 Å². The summed E-state index contributed by atoms with van der Waals surface area (Å²) in [5.41, 5.74) is 0. The van der Waals surface area contributed by atoms with Crippen molar-refractivity contribution in [3.05, 3.63) is 0 Å². The molecule has 1 rings (SSSR count). The van der Waals surface area contributed by atoms with E-state index in [-0.39, 0.29) is 30.6 Å². The summed E-state index contributed by atoms with van der Waals surface area (Å²) in [7, 11) is 0. The van der Waals surface area contributed by atoms with Crippen LogP contribution in [0.2, 0.25) is 0 Å². The second kappa shape index (κ2) is 9.37. The standard InChI is InChI=1S/C15H26N2O4/c1-2-3-9-16-15(21)12-7-10-17(11-8-12)13(18)5-4-6-14(19)20/h12H,2-11H2,1H3,(H,16,21)(H,19,20). The van der Waals surface area contributed by atoms with Gasteiger partial charge in [-0.15, -0.1) is 0 Å². The number of hydrogen-bond donors (Lipinski definition) is 2. The molecule has 0 aromatic carbocycles. The fraction of sp³-hybridized carbons (Fsp3) is 0.800. The summed E-state index contributed by atoms with van der Waals surface area (Å²) >= 11 is 0. The molecule has 1 aliphatic rings. The number of amides is 2. The van der Waals surface area contributed by atoms with Gasteiger partial charge in [-0.25, -0.2) is 0 Å². The molecule has 21 heavy (non-hydrogen) atoms. The van der Waals surface area contributed by atoms with E-state index < -0.39 is 5.97 Å². The van der Waals surface area contributed by atoms with Gasteiger partial charge in [0.15, 0.2) is 0 Å². The van der Waals surface area contributed by atoms with Crippen LogP contribution in [0.4, 0.5) is 0 Å². The molecule has 0 spiro atoms. The Bertz CT molecular complexity index is 363. The van der Waals surface area contributed by atoms with Crippen LogP contribution in [-0.4, -0.2) is 47.4 Å². The lowest BCUT2D eigenvalue weighted by Gasteiger charge is -2.31. The molecule has 2 N–H and O–H groups in total. The number of unbranched alkanes of at least 4 members (excludes halogenated alkanes) is 1. The van der Waals surface area contributed by atoms with Crippen LogP contribution in [0.25, 0.3) is 0 Å². The summed E-state index contributed by atoms with van der Waals surface area (Å²) in [6.07, 6.45) is 4.13. The van der Waals surface area contributed by atoms with E-state index >= 15 is 0 Å². The van der Waals surface area contributed by atoms with E-state index in [2.05, 4.69) is 12.2 Å². The minimum atomic E-state index is -0.870. The molecular formula is C15H26N2O4. The number of piperidine rings is 1. The average Bonchev–Trinajstić information content (AvgIpc) is 2.47. The molecule has 6 nitrogen and oxygen atoms in total. The van der Waals surface area contributed by atoms with Gasteiger partial charge in [0.05, 0.1) is 0 Å². The summed E-state index contributed by atoms with van der Waals surface area (Å²) < 4.78 is 0. The molecule has 0 saturated carbocycles. The zero-order valence-corrected chi connectivity index (χ0v) is 12.8. The minimum Gasteiger partial charge on any atom is -0.481 e. The van der Waals surface area contributed by atoms with Gasteiger partial charge in [0.2, 0.25) is 11.8 Å². The summed E-state index contributed by atoms with van der Waals surface area (Å²) in [6, 6.07) is 0. The predicted octanol–water partition coefficient (Wildman–Crippen LogP) is 1.40. The highest BCUT2D eigenvalue weighted by atomic mass is 16.4. The van der Waals surface area contributed by atoms with E-state index in [9.17, 15) is 14.4 Å². The first-order chi connectivity index (χ1) is 10.0. The smallest absolute Gasteiger partial charge is 0.303 e. The summed E-state index contributed by atoms with van der Waals surface area (Å²) in [6.45, 7) is 4.00. The van der Waals surface area contributed by atoms with Crippen molar-refractivity contribution in [2.24, 2.45) is 5.92 Å². The minimum absolute atomic E-state index is 0.00101. The number of carboxylic acids is 1. The molecule has 0 aromatic rings. The molecule has 0 aliphatic carbocycles. The lowest BCUT2D eigenvalue weighted by atomic mass is 9.95. The Balaban J connectivity index is 2.23. The van der Waals surface area contributed by atoms with Gasteiger partial charge in [-0.05, 0) is 25.7 Å². The third-order valence-electron chi connectivity index (χ3n) is 3.83. The van der Waals surface area contributed by atoms with Gasteiger partial charge in [-0.2, -0.15) is 0 Å². The molecule has 0 unspecified atom stereocenters. The van der Waals surface area contributed by atoms with Crippen LogP contribution >= 0.6 is 0 Å². The molecule has 1 fully saturated rings. The fourth-order valence-corrected chi connectivity index (χ4v) is 2.47. The van der Waals surface area contributed by atoms with Gasteiger partial charge in [-0.3, -0.25) is 14.4 Å². The van der Waals surface area contributed by atoms with E-state index in [0.29, 0.717) is 32.4 Å². The van der Waals surface area contributed by atoms with Crippen molar-refractivity contribution in [3.63, 3.8) is 0 Å². The van der Waals surface area contributed by atoms with Gasteiger partial charge in [0, 0.05) is 38.4 Å². The van der Waals surface area contributed by atoms with Gasteiger partial charge < -0.3 is 15.3 Å². The SMILES string of the molecule is CCCCNC(=O)C1CCN(C(=O)CCCC(=O)O)CC1. The number of carbonyl (C=O) groups is 3. The molecule has 1 aliphatic heterocycles. The summed E-state index contributed by atoms with van der Waals surface area (Å²) in [4.78, 5) is 36.0. The number of nitrogens with zero attached hydrogens (tertiary/aromatic N) is 1. The molecule has 0 bridgehead atoms. The zero-order valence-electron chi connectivity index (χ0n) is 12.8. The molecule has 1 heterocycles. The third kappa shape index (κ3) is 6.60. The highest BCUT2D eigenvalue weighted by molar-refractivity contribution is 5.80. The Labute approximate surface area is 125 Å². The summed E-state index contributed by atoms with van der Waals surface area (Å²) in [5, 5.41) is 11.5. The number of carboxylic acid groups (broad SMARTS) is 1. The molecular weight excluding hydrogens is 272 g/mol. The highest BCUT2D eigenvalue weighted by Crippen LogP contribution is 2.18. The van der Waals surface area contributed by atoms with E-state index in [1.165, 1.54) is 0 Å². The topological polar surface area (TPSA) is 86.7 Å². The fourth-order valence-electron chi connectivity index (χ4n) is 2.47. The number of rotatable bonds is 8. The van der Waals surface area contributed by atoms with Crippen molar-refractivity contribution < 1.29 is 19.5 Å². The molecule has 1 saturated heterocycles. The van der Waals surface area contributed by atoms with Crippen LogP contribution in [0.15, 0.2) is 0 Å². The Morgan fingerprint density at radius 3 is 2.38 bits per heavy atom. The second-order valence-corrected chi connectivity index (χ2v) is 5.55. The van der Waals surface area contributed by atoms with Crippen LogP contribution in [0.3, 0.4) is 0 Å². The van der Waals surface area contributed by atoms with Crippen molar-refractivity contribution in [3.8, 4) is 0 Å². The average molecular weight is 298 g/mol. The lowest BCUT2D eigenvalue weighted by molar-refractivity contribution is -0.138. The summed E-state index contributed by atoms with van der Waals surface area (Å²) in [5.74, 6) is -0.766. The van der Waals surface area contributed by atoms with Crippen LogP contribution in [-0.2, 0) is 14.4 Å². The Morgan fingerprint density at radius 2 is 1.81 bits per heavy atom. The number of hydrogen-bond acceptors (Lipinski definition) is 3. The van der Waals surface area contributed by atoms with Crippen LogP contribution in [0.5, 0.6) is 0 Å². The van der Waals surface area contributed by atoms with Crippen molar-refractivity contribution in [1.82, 2.24) is 10.2 Å². The molecule has 0 radical (unpaired) electrons. The van der Waals surface area contributed by atoms with E-state index in [4.69, 9.17) is 5.11 Å². The normalized spacial score (nSPS) is 15.8. The van der Waals surface area contributed by atoms with E-state index in [1.54, 1.807) is 4.90 Å². The quantitative estimate of drug-likeness (QED) is 0.663. The second-order valence-electron chi connectivity index (χ2n) is 5.55. The van der Waals surface area contributed by atoms with Crippen LogP contribution in [0.1, 0.15) is 51.9 Å². The van der Waals surface area contributed by atoms with Crippen molar-refractivity contribution >= 4 is 17.8 Å².